The number of oxime groups is 1. The first-order chi connectivity index (χ1) is 7.92. The van der Waals surface area contributed by atoms with Crippen molar-refractivity contribution in [2.45, 2.75) is 12.6 Å². The van der Waals surface area contributed by atoms with Crippen LogP contribution in [0.1, 0.15) is 12.1 Å². The van der Waals surface area contributed by atoms with Crippen molar-refractivity contribution in [1.29, 1.82) is 0 Å². The van der Waals surface area contributed by atoms with E-state index in [-0.39, 0.29) is 17.3 Å². The molecule has 0 aliphatic rings. The van der Waals surface area contributed by atoms with E-state index in [0.29, 0.717) is 0 Å². The topological polar surface area (TPSA) is 80.7 Å². The van der Waals surface area contributed by atoms with Crippen molar-refractivity contribution < 1.29 is 23.1 Å². The minimum Gasteiger partial charge on any atom is -0.493 e. The number of nitrogens with two attached hydrogens (primary N) is 1. The summed E-state index contributed by atoms with van der Waals surface area (Å²) >= 11 is 0. The summed E-state index contributed by atoms with van der Waals surface area (Å²) in [4.78, 5) is 3.75. The molecule has 1 aromatic heterocycles. The highest BCUT2D eigenvalue weighted by molar-refractivity contribution is 5.95. The van der Waals surface area contributed by atoms with Crippen LogP contribution in [0.2, 0.25) is 0 Å². The van der Waals surface area contributed by atoms with Gasteiger partial charge in [0.15, 0.2) is 5.84 Å². The number of amidine groups is 1. The number of hydrogen-bond donors (Lipinski definition) is 2. The van der Waals surface area contributed by atoms with E-state index >= 15 is 0 Å². The molecule has 3 N–H and O–H groups in total. The van der Waals surface area contributed by atoms with Gasteiger partial charge in [-0.25, -0.2) is 0 Å². The molecule has 0 aliphatic heterocycles. The van der Waals surface area contributed by atoms with E-state index in [9.17, 15) is 13.2 Å². The van der Waals surface area contributed by atoms with Gasteiger partial charge in [0.05, 0.1) is 13.0 Å². The molecule has 0 amide bonds. The van der Waals surface area contributed by atoms with Gasteiger partial charge in [0, 0.05) is 12.3 Å². The fourth-order valence-electron chi connectivity index (χ4n) is 0.977. The van der Waals surface area contributed by atoms with Crippen molar-refractivity contribution in [2.24, 2.45) is 10.9 Å². The van der Waals surface area contributed by atoms with Crippen LogP contribution in [0.25, 0.3) is 0 Å². The largest absolute Gasteiger partial charge is 0.493 e. The molecule has 1 rings (SSSR count). The fourth-order valence-corrected chi connectivity index (χ4v) is 0.977. The highest BCUT2D eigenvalue weighted by atomic mass is 19.4. The van der Waals surface area contributed by atoms with E-state index in [1.807, 2.05) is 0 Å². The second kappa shape index (κ2) is 5.37. The normalized spacial score (nSPS) is 12.5. The predicted molar refractivity (Wildman–Crippen MR) is 52.9 cm³/mol. The molecule has 0 bridgehead atoms. The monoisotopic (exact) mass is 249 g/mol. The van der Waals surface area contributed by atoms with Gasteiger partial charge in [0.1, 0.15) is 11.4 Å². The summed E-state index contributed by atoms with van der Waals surface area (Å²) in [5.41, 5.74) is 5.39. The minimum absolute atomic E-state index is 0.122. The lowest BCUT2D eigenvalue weighted by Gasteiger charge is -2.08. The third kappa shape index (κ3) is 4.58. The van der Waals surface area contributed by atoms with Gasteiger partial charge in [-0.3, -0.25) is 4.98 Å². The zero-order chi connectivity index (χ0) is 12.9. The van der Waals surface area contributed by atoms with E-state index in [1.54, 1.807) is 0 Å². The maximum absolute atomic E-state index is 11.9. The molecule has 5 nitrogen and oxygen atoms in total. The Morgan fingerprint density at radius 2 is 2.24 bits per heavy atom. The molecule has 0 aliphatic carbocycles. The number of pyridine rings is 1. The molecule has 0 unspecified atom stereocenters. The summed E-state index contributed by atoms with van der Waals surface area (Å²) in [5, 5.41) is 11.1. The van der Waals surface area contributed by atoms with Gasteiger partial charge in [0.2, 0.25) is 0 Å². The molecule has 1 aromatic rings. The van der Waals surface area contributed by atoms with E-state index < -0.39 is 19.2 Å². The third-order valence-corrected chi connectivity index (χ3v) is 1.76. The molecule has 0 saturated carbocycles. The number of hydrogen-bond acceptors (Lipinski definition) is 4. The summed E-state index contributed by atoms with van der Waals surface area (Å²) in [6.07, 6.45) is -4.02. The van der Waals surface area contributed by atoms with Gasteiger partial charge >= 0.3 is 6.18 Å². The van der Waals surface area contributed by atoms with Gasteiger partial charge in [-0.1, -0.05) is 5.16 Å². The van der Waals surface area contributed by atoms with E-state index in [2.05, 4.69) is 10.1 Å². The van der Waals surface area contributed by atoms with Crippen LogP contribution < -0.4 is 10.5 Å². The Hall–Kier alpha value is -1.99. The second-order valence-corrected chi connectivity index (χ2v) is 3.08. The number of halogens is 3. The van der Waals surface area contributed by atoms with Crippen molar-refractivity contribution in [2.75, 3.05) is 6.61 Å². The van der Waals surface area contributed by atoms with Gasteiger partial charge in [-0.05, 0) is 6.07 Å². The second-order valence-electron chi connectivity index (χ2n) is 3.08. The van der Waals surface area contributed by atoms with E-state index in [4.69, 9.17) is 15.7 Å². The minimum atomic E-state index is -4.26. The molecule has 8 heteroatoms. The van der Waals surface area contributed by atoms with Crippen LogP contribution >= 0.6 is 0 Å². The molecule has 0 saturated heterocycles. The Morgan fingerprint density at radius 1 is 1.53 bits per heavy atom. The van der Waals surface area contributed by atoms with Crippen molar-refractivity contribution in [3.05, 3.63) is 24.0 Å². The van der Waals surface area contributed by atoms with Crippen molar-refractivity contribution in [1.82, 2.24) is 4.98 Å². The van der Waals surface area contributed by atoms with Crippen molar-refractivity contribution >= 4 is 5.84 Å². The number of rotatable bonds is 4. The Bertz CT molecular complexity index is 407. The molecule has 0 fully saturated rings. The van der Waals surface area contributed by atoms with Crippen LogP contribution in [0.5, 0.6) is 5.75 Å². The number of aromatic nitrogens is 1. The molecular formula is C9H10F3N3O2. The lowest BCUT2D eigenvalue weighted by Crippen LogP contribution is -2.16. The molecule has 0 spiro atoms. The maximum Gasteiger partial charge on any atom is 0.392 e. The smallest absolute Gasteiger partial charge is 0.392 e. The molecule has 17 heavy (non-hydrogen) atoms. The lowest BCUT2D eigenvalue weighted by molar-refractivity contribution is -0.139. The van der Waals surface area contributed by atoms with Crippen LogP contribution in [0, 0.1) is 0 Å². The predicted octanol–water partition coefficient (Wildman–Crippen LogP) is 1.51. The standard InChI is InChI=1S/C9H10F3N3O2/c10-9(11,12)2-4-17-6-1-3-14-7(5-6)8(13)15-16/h1,3,5,16H,2,4H2,(H2,13,15). The first-order valence-electron chi connectivity index (χ1n) is 4.56. The van der Waals surface area contributed by atoms with E-state index in [0.717, 1.165) is 0 Å². The summed E-state index contributed by atoms with van der Waals surface area (Å²) < 4.78 is 40.4. The van der Waals surface area contributed by atoms with Crippen molar-refractivity contribution in [3.8, 4) is 5.75 Å². The Morgan fingerprint density at radius 3 is 2.82 bits per heavy atom. The zero-order valence-corrected chi connectivity index (χ0v) is 8.61. The number of ether oxygens (including phenoxy) is 1. The quantitative estimate of drug-likeness (QED) is 0.367. The Balaban J connectivity index is 2.61. The lowest BCUT2D eigenvalue weighted by atomic mass is 10.3. The summed E-state index contributed by atoms with van der Waals surface area (Å²) in [6, 6.07) is 2.66. The zero-order valence-electron chi connectivity index (χ0n) is 8.61. The first-order valence-corrected chi connectivity index (χ1v) is 4.56. The summed E-state index contributed by atoms with van der Waals surface area (Å²) in [6.45, 7) is -0.497. The molecular weight excluding hydrogens is 239 g/mol. The summed E-state index contributed by atoms with van der Waals surface area (Å²) in [5.74, 6) is -0.0721. The summed E-state index contributed by atoms with van der Waals surface area (Å²) in [7, 11) is 0. The SMILES string of the molecule is N/C(=N/O)c1cc(OCCC(F)(F)F)ccn1. The average Bonchev–Trinajstić information content (AvgIpc) is 2.27. The van der Waals surface area contributed by atoms with Crippen molar-refractivity contribution in [3.63, 3.8) is 0 Å². The van der Waals surface area contributed by atoms with Gasteiger partial charge in [-0.2, -0.15) is 13.2 Å². The maximum atomic E-state index is 11.9. The Labute approximate surface area is 94.7 Å². The third-order valence-electron chi connectivity index (χ3n) is 1.76. The molecule has 0 radical (unpaired) electrons. The molecule has 1 heterocycles. The average molecular weight is 249 g/mol. The molecule has 0 aromatic carbocycles. The van der Waals surface area contributed by atoms with Gasteiger partial charge in [0.25, 0.3) is 0 Å². The van der Waals surface area contributed by atoms with Crippen LogP contribution in [0.4, 0.5) is 13.2 Å². The van der Waals surface area contributed by atoms with Crippen LogP contribution in [-0.2, 0) is 0 Å². The van der Waals surface area contributed by atoms with Crippen LogP contribution in [-0.4, -0.2) is 28.8 Å². The number of nitrogens with zero attached hydrogens (tertiary/aromatic N) is 2. The van der Waals surface area contributed by atoms with Gasteiger partial charge in [-0.15, -0.1) is 0 Å². The highest BCUT2D eigenvalue weighted by Crippen LogP contribution is 2.20. The highest BCUT2D eigenvalue weighted by Gasteiger charge is 2.26. The molecule has 0 atom stereocenters. The first kappa shape index (κ1) is 13.1. The fraction of sp³-hybridized carbons (Fsp3) is 0.333. The van der Waals surface area contributed by atoms with E-state index in [1.165, 1.54) is 18.3 Å². The van der Waals surface area contributed by atoms with Crippen LogP contribution in [0.3, 0.4) is 0 Å². The Kier molecular flexibility index (Phi) is 4.13. The molecule has 94 valence electrons. The van der Waals surface area contributed by atoms with Gasteiger partial charge < -0.3 is 15.7 Å². The van der Waals surface area contributed by atoms with Crippen LogP contribution in [0.15, 0.2) is 23.5 Å². The number of alkyl halides is 3.